The van der Waals surface area contributed by atoms with Gasteiger partial charge in [0.15, 0.2) is 0 Å². The first-order valence-corrected chi connectivity index (χ1v) is 7.36. The Morgan fingerprint density at radius 2 is 1.90 bits per heavy atom. The Morgan fingerprint density at radius 1 is 1.29 bits per heavy atom. The molecule has 3 amide bonds. The van der Waals surface area contributed by atoms with Gasteiger partial charge in [-0.2, -0.15) is 0 Å². The number of amides is 3. The first-order valence-electron chi connectivity index (χ1n) is 7.36. The summed E-state index contributed by atoms with van der Waals surface area (Å²) in [6.45, 7) is 4.65. The van der Waals surface area contributed by atoms with Crippen LogP contribution in [0.4, 0.5) is 0 Å². The van der Waals surface area contributed by atoms with Gasteiger partial charge in [-0.15, -0.1) is 0 Å². The van der Waals surface area contributed by atoms with Gasteiger partial charge < -0.3 is 10.1 Å². The zero-order chi connectivity index (χ0) is 15.6. The Kier molecular flexibility index (Phi) is 4.59. The summed E-state index contributed by atoms with van der Waals surface area (Å²) in [6, 6.07) is 0. The van der Waals surface area contributed by atoms with Gasteiger partial charge in [-0.05, 0) is 26.7 Å². The van der Waals surface area contributed by atoms with Crippen LogP contribution >= 0.6 is 0 Å². The van der Waals surface area contributed by atoms with Gasteiger partial charge in [-0.3, -0.25) is 19.3 Å². The number of carbonyl (C=O) groups is 3. The molecule has 7 heteroatoms. The van der Waals surface area contributed by atoms with Gasteiger partial charge in [0.25, 0.3) is 0 Å². The van der Waals surface area contributed by atoms with E-state index in [1.807, 2.05) is 13.8 Å². The van der Waals surface area contributed by atoms with Crippen molar-refractivity contribution in [3.63, 3.8) is 0 Å². The number of fused-ring (bicyclic) bond motifs is 1. The normalized spacial score (nSPS) is 27.1. The first kappa shape index (κ1) is 15.5. The van der Waals surface area contributed by atoms with Crippen LogP contribution in [0.25, 0.3) is 0 Å². The van der Waals surface area contributed by atoms with E-state index < -0.39 is 5.92 Å². The molecule has 0 radical (unpaired) electrons. The van der Waals surface area contributed by atoms with Crippen LogP contribution in [0.1, 0.15) is 33.1 Å². The lowest BCUT2D eigenvalue weighted by molar-refractivity contribution is -0.146. The Bertz CT molecular complexity index is 485. The van der Waals surface area contributed by atoms with Crippen LogP contribution in [0, 0.1) is 11.8 Å². The Hall–Kier alpha value is -1.92. The molecule has 0 aromatic rings. The van der Waals surface area contributed by atoms with Crippen molar-refractivity contribution in [3.05, 3.63) is 0 Å². The zero-order valence-corrected chi connectivity index (χ0v) is 12.4. The van der Waals surface area contributed by atoms with Crippen molar-refractivity contribution in [1.82, 2.24) is 9.80 Å². The van der Waals surface area contributed by atoms with E-state index in [4.69, 9.17) is 5.21 Å². The minimum absolute atomic E-state index is 0.183. The lowest BCUT2D eigenvalue weighted by Crippen LogP contribution is -2.43. The predicted molar refractivity (Wildman–Crippen MR) is 74.7 cm³/mol. The molecule has 1 saturated heterocycles. The van der Waals surface area contributed by atoms with Crippen molar-refractivity contribution in [3.8, 4) is 0 Å². The molecule has 2 aliphatic rings. The SMILES string of the molecule is CCN(CC)C(=O)CN1C(=O)[C@H]2CC/C(=N\O)C[C@H]2C1=O. The first-order chi connectivity index (χ1) is 10.0. The number of hydrogen-bond donors (Lipinski definition) is 1. The van der Waals surface area contributed by atoms with E-state index >= 15 is 0 Å². The van der Waals surface area contributed by atoms with Crippen LogP contribution in [-0.2, 0) is 14.4 Å². The Balaban J connectivity index is 2.10. The van der Waals surface area contributed by atoms with E-state index in [2.05, 4.69) is 5.16 Å². The molecule has 0 bridgehead atoms. The molecule has 2 fully saturated rings. The molecule has 1 aliphatic heterocycles. The van der Waals surface area contributed by atoms with E-state index in [0.29, 0.717) is 38.1 Å². The second kappa shape index (κ2) is 6.24. The fraction of sp³-hybridized carbons (Fsp3) is 0.714. The predicted octanol–water partition coefficient (Wildman–Crippen LogP) is 0.470. The summed E-state index contributed by atoms with van der Waals surface area (Å²) in [5, 5.41) is 12.0. The lowest BCUT2D eigenvalue weighted by Gasteiger charge is -2.22. The molecule has 7 nitrogen and oxygen atoms in total. The fourth-order valence-electron chi connectivity index (χ4n) is 3.14. The number of carbonyl (C=O) groups excluding carboxylic acids is 3. The topological polar surface area (TPSA) is 90.3 Å². The van der Waals surface area contributed by atoms with Crippen molar-refractivity contribution >= 4 is 23.4 Å². The highest BCUT2D eigenvalue weighted by atomic mass is 16.4. The highest BCUT2D eigenvalue weighted by Crippen LogP contribution is 2.37. The Labute approximate surface area is 123 Å². The van der Waals surface area contributed by atoms with Crippen molar-refractivity contribution in [2.24, 2.45) is 17.0 Å². The summed E-state index contributed by atoms with van der Waals surface area (Å²) < 4.78 is 0. The maximum Gasteiger partial charge on any atom is 0.242 e. The Morgan fingerprint density at radius 3 is 2.48 bits per heavy atom. The zero-order valence-electron chi connectivity index (χ0n) is 12.4. The molecule has 0 unspecified atom stereocenters. The molecule has 1 aliphatic carbocycles. The highest BCUT2D eigenvalue weighted by molar-refractivity contribution is 6.09. The largest absolute Gasteiger partial charge is 0.411 e. The van der Waals surface area contributed by atoms with Gasteiger partial charge in [-0.1, -0.05) is 5.16 Å². The molecule has 0 aromatic heterocycles. The van der Waals surface area contributed by atoms with Gasteiger partial charge in [0.2, 0.25) is 17.7 Å². The standard InChI is InChI=1S/C14H21N3O4/c1-3-16(4-2)12(18)8-17-13(19)10-6-5-9(15-21)7-11(10)14(17)20/h10-11,21H,3-8H2,1-2H3/b15-9+/t10-,11+/m0/s1. The van der Waals surface area contributed by atoms with Gasteiger partial charge in [0.1, 0.15) is 6.54 Å². The molecule has 0 aromatic carbocycles. The summed E-state index contributed by atoms with van der Waals surface area (Å²) in [5.74, 6) is -1.63. The van der Waals surface area contributed by atoms with E-state index in [-0.39, 0.29) is 30.2 Å². The third kappa shape index (κ3) is 2.77. The van der Waals surface area contributed by atoms with Crippen molar-refractivity contribution < 1.29 is 19.6 Å². The lowest BCUT2D eigenvalue weighted by atomic mass is 9.80. The van der Waals surface area contributed by atoms with E-state index in [9.17, 15) is 14.4 Å². The average molecular weight is 295 g/mol. The quantitative estimate of drug-likeness (QED) is 0.464. The van der Waals surface area contributed by atoms with E-state index in [1.165, 1.54) is 0 Å². The maximum atomic E-state index is 12.3. The molecular formula is C14H21N3O4. The van der Waals surface area contributed by atoms with Crippen LogP contribution in [-0.4, -0.2) is 58.1 Å². The van der Waals surface area contributed by atoms with Crippen LogP contribution in [0.2, 0.25) is 0 Å². The van der Waals surface area contributed by atoms with Crippen LogP contribution in [0.15, 0.2) is 5.16 Å². The number of hydrogen-bond acceptors (Lipinski definition) is 5. The summed E-state index contributed by atoms with van der Waals surface area (Å²) in [6.07, 6.45) is 1.33. The third-order valence-corrected chi connectivity index (χ3v) is 4.40. The molecule has 116 valence electrons. The molecule has 0 spiro atoms. The number of nitrogens with zero attached hydrogens (tertiary/aromatic N) is 3. The molecule has 21 heavy (non-hydrogen) atoms. The summed E-state index contributed by atoms with van der Waals surface area (Å²) in [5.41, 5.74) is 0.550. The van der Waals surface area contributed by atoms with Crippen molar-refractivity contribution in [2.75, 3.05) is 19.6 Å². The van der Waals surface area contributed by atoms with Gasteiger partial charge in [0.05, 0.1) is 17.5 Å². The molecule has 1 heterocycles. The van der Waals surface area contributed by atoms with Gasteiger partial charge in [-0.25, -0.2) is 0 Å². The maximum absolute atomic E-state index is 12.3. The molecule has 1 saturated carbocycles. The molecule has 2 rings (SSSR count). The minimum atomic E-state index is -0.471. The average Bonchev–Trinajstić information content (AvgIpc) is 2.73. The van der Waals surface area contributed by atoms with Crippen LogP contribution in [0.3, 0.4) is 0 Å². The van der Waals surface area contributed by atoms with Crippen molar-refractivity contribution in [2.45, 2.75) is 33.1 Å². The monoisotopic (exact) mass is 295 g/mol. The molecular weight excluding hydrogens is 274 g/mol. The molecule has 1 N–H and O–H groups in total. The minimum Gasteiger partial charge on any atom is -0.411 e. The summed E-state index contributed by atoms with van der Waals surface area (Å²) >= 11 is 0. The molecule has 2 atom stereocenters. The van der Waals surface area contributed by atoms with E-state index in [1.54, 1.807) is 4.90 Å². The van der Waals surface area contributed by atoms with Crippen molar-refractivity contribution in [1.29, 1.82) is 0 Å². The van der Waals surface area contributed by atoms with Gasteiger partial charge in [0, 0.05) is 19.5 Å². The number of oxime groups is 1. The third-order valence-electron chi connectivity index (χ3n) is 4.40. The second-order valence-electron chi connectivity index (χ2n) is 5.45. The summed E-state index contributed by atoms with van der Waals surface area (Å²) in [7, 11) is 0. The number of imide groups is 1. The smallest absolute Gasteiger partial charge is 0.242 e. The van der Waals surface area contributed by atoms with Crippen LogP contribution in [0.5, 0.6) is 0 Å². The fourth-order valence-corrected chi connectivity index (χ4v) is 3.14. The number of likely N-dealkylation sites (N-methyl/N-ethyl adjacent to an activating group) is 1. The second-order valence-corrected chi connectivity index (χ2v) is 5.45. The highest BCUT2D eigenvalue weighted by Gasteiger charge is 2.50. The summed E-state index contributed by atoms with van der Waals surface area (Å²) in [4.78, 5) is 39.4. The van der Waals surface area contributed by atoms with Crippen LogP contribution < -0.4 is 0 Å². The number of rotatable bonds is 4. The number of likely N-dealkylation sites (tertiary alicyclic amines) is 1. The van der Waals surface area contributed by atoms with Gasteiger partial charge >= 0.3 is 0 Å². The van der Waals surface area contributed by atoms with E-state index in [0.717, 1.165) is 4.90 Å².